The summed E-state index contributed by atoms with van der Waals surface area (Å²) in [6, 6.07) is 0. The first kappa shape index (κ1) is 25.2. The maximum Gasteiger partial charge on any atom is 0.0608 e. The van der Waals surface area contributed by atoms with Gasteiger partial charge in [-0.25, -0.2) is 0 Å². The van der Waals surface area contributed by atoms with Crippen LogP contribution in [-0.4, -0.2) is 45.3 Å². The first-order valence-corrected chi connectivity index (χ1v) is 14.0. The molecule has 0 aromatic heterocycles. The number of hydrogen-bond donors (Lipinski definition) is 4. The zero-order chi connectivity index (χ0) is 25.1. The lowest BCUT2D eigenvalue weighted by Crippen LogP contribution is -2.70. The van der Waals surface area contributed by atoms with Crippen LogP contribution in [0.2, 0.25) is 0 Å². The third-order valence-electron chi connectivity index (χ3n) is 13.7. The van der Waals surface area contributed by atoms with Crippen LogP contribution in [0.4, 0.5) is 0 Å². The van der Waals surface area contributed by atoms with E-state index in [0.29, 0.717) is 18.3 Å². The molecule has 4 heteroatoms. The first-order valence-electron chi connectivity index (χ1n) is 14.0. The van der Waals surface area contributed by atoms with Gasteiger partial charge in [0.05, 0.1) is 18.3 Å². The minimum atomic E-state index is -0.416. The number of rotatable bonds is 1. The van der Waals surface area contributed by atoms with E-state index in [2.05, 4.69) is 60.6 Å². The molecule has 0 spiro atoms. The van der Waals surface area contributed by atoms with Gasteiger partial charge in [0.15, 0.2) is 0 Å². The molecule has 0 bridgehead atoms. The quantitative estimate of drug-likeness (QED) is 0.412. The largest absolute Gasteiger partial charge is 0.396 e. The fraction of sp³-hybridized carbons (Fsp3) is 0.933. The summed E-state index contributed by atoms with van der Waals surface area (Å²) in [5.74, 6) is 1.68. The second kappa shape index (κ2) is 7.55. The Morgan fingerprint density at radius 1 is 0.853 bits per heavy atom. The molecule has 4 N–H and O–H groups in total. The van der Waals surface area contributed by atoms with Crippen LogP contribution in [0, 0.1) is 62.6 Å². The van der Waals surface area contributed by atoms with E-state index in [4.69, 9.17) is 0 Å². The Bertz CT molecular complexity index is 853. The van der Waals surface area contributed by atoms with E-state index in [0.717, 1.165) is 32.1 Å². The summed E-state index contributed by atoms with van der Waals surface area (Å²) in [6.45, 7) is 16.3. The Kier molecular flexibility index (Phi) is 5.61. The van der Waals surface area contributed by atoms with Gasteiger partial charge in [0, 0.05) is 12.0 Å². The van der Waals surface area contributed by atoms with E-state index in [1.807, 2.05) is 0 Å². The van der Waals surface area contributed by atoms with Gasteiger partial charge in [-0.1, -0.05) is 60.6 Å². The van der Waals surface area contributed by atoms with Crippen LogP contribution in [-0.2, 0) is 0 Å². The molecule has 5 rings (SSSR count). The van der Waals surface area contributed by atoms with E-state index in [1.54, 1.807) is 0 Å². The maximum atomic E-state index is 12.0. The smallest absolute Gasteiger partial charge is 0.0608 e. The van der Waals surface area contributed by atoms with Gasteiger partial charge in [-0.05, 0) is 95.7 Å². The molecule has 13 atom stereocenters. The van der Waals surface area contributed by atoms with Crippen molar-refractivity contribution in [1.29, 1.82) is 0 Å². The van der Waals surface area contributed by atoms with Crippen LogP contribution in [0.3, 0.4) is 0 Å². The van der Waals surface area contributed by atoms with Gasteiger partial charge in [0.2, 0.25) is 0 Å². The second-order valence-corrected chi connectivity index (χ2v) is 14.8. The van der Waals surface area contributed by atoms with Crippen LogP contribution in [0.1, 0.15) is 87.0 Å². The Morgan fingerprint density at radius 2 is 1.53 bits per heavy atom. The Morgan fingerprint density at radius 3 is 2.18 bits per heavy atom. The van der Waals surface area contributed by atoms with Crippen molar-refractivity contribution in [2.45, 2.75) is 105 Å². The number of allylic oxidation sites excluding steroid dienone is 2. The average Bonchev–Trinajstić information content (AvgIpc) is 2.78. The Hall–Kier alpha value is -0.420. The van der Waals surface area contributed by atoms with Crippen LogP contribution in [0.15, 0.2) is 12.2 Å². The molecule has 0 heterocycles. The number of aliphatic hydroxyl groups excluding tert-OH is 4. The molecule has 2 unspecified atom stereocenters. The van der Waals surface area contributed by atoms with E-state index < -0.39 is 6.10 Å². The molecule has 4 saturated carbocycles. The van der Waals surface area contributed by atoms with Crippen molar-refractivity contribution in [1.82, 2.24) is 0 Å². The van der Waals surface area contributed by atoms with Gasteiger partial charge in [-0.15, -0.1) is 0 Å². The van der Waals surface area contributed by atoms with Crippen molar-refractivity contribution >= 4 is 0 Å². The first-order chi connectivity index (χ1) is 15.7. The van der Waals surface area contributed by atoms with Crippen molar-refractivity contribution in [3.63, 3.8) is 0 Å². The third kappa shape index (κ3) is 2.81. The van der Waals surface area contributed by atoms with Crippen molar-refractivity contribution in [3.05, 3.63) is 12.2 Å². The Labute approximate surface area is 207 Å². The zero-order valence-electron chi connectivity index (χ0n) is 22.6. The summed E-state index contributed by atoms with van der Waals surface area (Å²) in [5, 5.41) is 44.5. The summed E-state index contributed by atoms with van der Waals surface area (Å²) in [5.41, 5.74) is -0.709. The molecule has 0 saturated heterocycles. The fourth-order valence-electron chi connectivity index (χ4n) is 11.0. The minimum absolute atomic E-state index is 0.0500. The van der Waals surface area contributed by atoms with E-state index in [9.17, 15) is 20.4 Å². The summed E-state index contributed by atoms with van der Waals surface area (Å²) in [7, 11) is 0. The second-order valence-electron chi connectivity index (χ2n) is 14.8. The van der Waals surface area contributed by atoms with Crippen molar-refractivity contribution in [2.24, 2.45) is 62.6 Å². The molecule has 194 valence electrons. The third-order valence-corrected chi connectivity index (χ3v) is 13.7. The highest BCUT2D eigenvalue weighted by molar-refractivity contribution is 5.28. The highest BCUT2D eigenvalue weighted by Gasteiger charge is 2.72. The summed E-state index contributed by atoms with van der Waals surface area (Å²) in [4.78, 5) is 0. The number of hydrogen-bond acceptors (Lipinski definition) is 4. The normalized spacial score (nSPS) is 60.5. The number of aliphatic hydroxyl groups is 4. The SMILES string of the molecule is C[C@H]1[C@H](C)[C@@H](O)C[C@]2(CO)CC[C@]3(C)C(C=C[C@H]4[C@@]3(C)[C@@H](O)CC3C(C)(C)[C@@H](O)CC[C@@]34C)[C@H]12. The predicted molar refractivity (Wildman–Crippen MR) is 135 cm³/mol. The molecule has 5 aliphatic rings. The lowest BCUT2D eigenvalue weighted by Gasteiger charge is -2.73. The van der Waals surface area contributed by atoms with Gasteiger partial charge in [-0.2, -0.15) is 0 Å². The van der Waals surface area contributed by atoms with Gasteiger partial charge >= 0.3 is 0 Å². The Balaban J connectivity index is 1.63. The molecular weight excluding hydrogens is 424 g/mol. The standard InChI is InChI=1S/C30H50O4/c1-17-18(2)25-19-8-9-21-27(5)11-10-23(33)26(3,4)22(27)14-24(34)29(21,7)28(19,6)12-13-30(25,16-31)15-20(17)32/h8-9,17-25,31-34H,10-16H2,1-7H3/t17-,18-,19?,20-,21+,22?,23-,24-,25-,27+,28+,29-,30-/m0/s1. The molecular formula is C30H50O4. The van der Waals surface area contributed by atoms with Crippen molar-refractivity contribution < 1.29 is 20.4 Å². The predicted octanol–water partition coefficient (Wildman–Crippen LogP) is 4.79. The van der Waals surface area contributed by atoms with Crippen molar-refractivity contribution in [2.75, 3.05) is 6.61 Å². The van der Waals surface area contributed by atoms with Crippen molar-refractivity contribution in [3.8, 4) is 0 Å². The van der Waals surface area contributed by atoms with E-state index >= 15 is 0 Å². The molecule has 0 amide bonds. The highest BCUT2D eigenvalue weighted by atomic mass is 16.3. The van der Waals surface area contributed by atoms with Gasteiger partial charge < -0.3 is 20.4 Å². The summed E-state index contributed by atoms with van der Waals surface area (Å²) < 4.78 is 0. The molecule has 0 radical (unpaired) electrons. The van der Waals surface area contributed by atoms with Crippen LogP contribution >= 0.6 is 0 Å². The maximum absolute atomic E-state index is 12.0. The minimum Gasteiger partial charge on any atom is -0.396 e. The monoisotopic (exact) mass is 474 g/mol. The number of fused-ring (bicyclic) bond motifs is 7. The van der Waals surface area contributed by atoms with Gasteiger partial charge in [-0.3, -0.25) is 0 Å². The molecule has 34 heavy (non-hydrogen) atoms. The average molecular weight is 475 g/mol. The van der Waals surface area contributed by atoms with Gasteiger partial charge in [0.1, 0.15) is 0 Å². The van der Waals surface area contributed by atoms with Crippen LogP contribution in [0.5, 0.6) is 0 Å². The van der Waals surface area contributed by atoms with E-state index in [1.165, 1.54) is 0 Å². The highest BCUT2D eigenvalue weighted by Crippen LogP contribution is 2.75. The molecule has 4 fully saturated rings. The summed E-state index contributed by atoms with van der Waals surface area (Å²) in [6.07, 6.45) is 9.05. The fourth-order valence-corrected chi connectivity index (χ4v) is 11.0. The zero-order valence-corrected chi connectivity index (χ0v) is 22.6. The molecule has 0 aromatic rings. The topological polar surface area (TPSA) is 80.9 Å². The van der Waals surface area contributed by atoms with Crippen LogP contribution < -0.4 is 0 Å². The van der Waals surface area contributed by atoms with Gasteiger partial charge in [0.25, 0.3) is 0 Å². The molecule has 5 aliphatic carbocycles. The lowest BCUT2D eigenvalue weighted by molar-refractivity contribution is -0.264. The molecule has 0 aliphatic heterocycles. The van der Waals surface area contributed by atoms with E-state index in [-0.39, 0.29) is 69.6 Å². The lowest BCUT2D eigenvalue weighted by atomic mass is 9.32. The van der Waals surface area contributed by atoms with Crippen LogP contribution in [0.25, 0.3) is 0 Å². The summed E-state index contributed by atoms with van der Waals surface area (Å²) >= 11 is 0. The molecule has 4 nitrogen and oxygen atoms in total. The molecule has 0 aromatic carbocycles.